The molecule has 1 saturated heterocycles. The molecule has 1 aromatic heterocycles. The van der Waals surface area contributed by atoms with Crippen LogP contribution < -0.4 is 5.32 Å². The van der Waals surface area contributed by atoms with Crippen molar-refractivity contribution in [1.82, 2.24) is 14.8 Å². The van der Waals surface area contributed by atoms with Crippen molar-refractivity contribution in [2.45, 2.75) is 58.0 Å². The molecular weight excluding hydrogens is 318 g/mol. The van der Waals surface area contributed by atoms with E-state index < -0.39 is 0 Å². The van der Waals surface area contributed by atoms with Crippen LogP contribution in [-0.4, -0.2) is 36.1 Å². The number of hydrogen-bond donors (Lipinski definition) is 1. The summed E-state index contributed by atoms with van der Waals surface area (Å²) in [6.45, 7) is 5.89. The van der Waals surface area contributed by atoms with Gasteiger partial charge < -0.3 is 14.8 Å². The molecule has 1 saturated carbocycles. The van der Waals surface area contributed by atoms with Crippen LogP contribution in [0, 0.1) is 11.8 Å². The van der Waals surface area contributed by atoms with Crippen LogP contribution in [0.1, 0.15) is 50.5 Å². The van der Waals surface area contributed by atoms with Crippen LogP contribution in [0.15, 0.2) is 30.5 Å². The van der Waals surface area contributed by atoms with Gasteiger partial charge in [0.25, 0.3) is 0 Å². The molecule has 1 aliphatic heterocycles. The summed E-state index contributed by atoms with van der Waals surface area (Å²) in [6.07, 6.45) is 12.2. The largest absolute Gasteiger partial charge is 0.347 e. The van der Waals surface area contributed by atoms with Gasteiger partial charge in [-0.3, -0.25) is 0 Å². The lowest BCUT2D eigenvalue weighted by atomic mass is 9.89. The molecule has 26 heavy (non-hydrogen) atoms. The first-order valence-corrected chi connectivity index (χ1v) is 10.8. The number of fused-ring (bicyclic) bond motifs is 1. The molecule has 3 nitrogen and oxygen atoms in total. The van der Waals surface area contributed by atoms with Gasteiger partial charge in [0.1, 0.15) is 0 Å². The van der Waals surface area contributed by atoms with E-state index in [4.69, 9.17) is 0 Å². The van der Waals surface area contributed by atoms with Gasteiger partial charge in [-0.1, -0.05) is 37.5 Å². The number of piperidine rings is 1. The Hall–Kier alpha value is -1.32. The maximum Gasteiger partial charge on any atom is 0.0483 e. The highest BCUT2D eigenvalue weighted by atomic mass is 15.1. The molecule has 3 heteroatoms. The van der Waals surface area contributed by atoms with Crippen LogP contribution >= 0.6 is 0 Å². The highest BCUT2D eigenvalue weighted by Gasteiger charge is 2.18. The third kappa shape index (κ3) is 4.32. The molecule has 1 aromatic carbocycles. The summed E-state index contributed by atoms with van der Waals surface area (Å²) < 4.78 is 2.55. The molecule has 2 aromatic rings. The third-order valence-electron chi connectivity index (χ3n) is 6.52. The fourth-order valence-corrected chi connectivity index (χ4v) is 5.11. The van der Waals surface area contributed by atoms with Crippen molar-refractivity contribution < 1.29 is 0 Å². The van der Waals surface area contributed by atoms with Crippen LogP contribution in [0.4, 0.5) is 0 Å². The second-order valence-electron chi connectivity index (χ2n) is 8.72. The lowest BCUT2D eigenvalue weighted by molar-refractivity contribution is 0.235. The average Bonchev–Trinajstić information content (AvgIpc) is 3.01. The smallest absolute Gasteiger partial charge is 0.0483 e. The number of benzene rings is 1. The zero-order valence-corrected chi connectivity index (χ0v) is 16.4. The number of nitrogens with one attached hydrogen (secondary N) is 1. The molecule has 0 bridgehead atoms. The quantitative estimate of drug-likeness (QED) is 0.815. The summed E-state index contributed by atoms with van der Waals surface area (Å²) in [5.41, 5.74) is 2.94. The second kappa shape index (κ2) is 8.58. The van der Waals surface area contributed by atoms with E-state index in [0.29, 0.717) is 0 Å². The van der Waals surface area contributed by atoms with E-state index in [9.17, 15) is 0 Å². The minimum atomic E-state index is 0.858. The summed E-state index contributed by atoms with van der Waals surface area (Å²) >= 11 is 0. The van der Waals surface area contributed by atoms with E-state index >= 15 is 0 Å². The molecular formula is C23H35N3. The highest BCUT2D eigenvalue weighted by molar-refractivity contribution is 5.83. The van der Waals surface area contributed by atoms with Crippen molar-refractivity contribution in [3.8, 4) is 0 Å². The molecule has 0 radical (unpaired) electrons. The normalized spacial score (nSPS) is 20.2. The zero-order valence-electron chi connectivity index (χ0n) is 16.4. The van der Waals surface area contributed by atoms with E-state index in [2.05, 4.69) is 52.3 Å². The third-order valence-corrected chi connectivity index (χ3v) is 6.52. The number of para-hydroxylation sites is 1. The first-order valence-electron chi connectivity index (χ1n) is 10.8. The topological polar surface area (TPSA) is 20.2 Å². The maximum atomic E-state index is 3.48. The molecule has 2 aliphatic rings. The van der Waals surface area contributed by atoms with Gasteiger partial charge in [0.15, 0.2) is 0 Å². The van der Waals surface area contributed by atoms with Crippen molar-refractivity contribution in [3.05, 3.63) is 36.0 Å². The zero-order chi connectivity index (χ0) is 17.8. The summed E-state index contributed by atoms with van der Waals surface area (Å²) in [5, 5.41) is 4.94. The standard InChI is InChI=1S/C23H35N3/c1-25(15-20-11-13-24-14-12-20)17-21-18-26(16-19-7-3-2-4-8-19)23-10-6-5-9-22(21)23/h5-6,9-10,18-20,24H,2-4,7-8,11-17H2,1H3. The lowest BCUT2D eigenvalue weighted by Crippen LogP contribution is -2.34. The van der Waals surface area contributed by atoms with Gasteiger partial charge in [-0.25, -0.2) is 0 Å². The van der Waals surface area contributed by atoms with Gasteiger partial charge >= 0.3 is 0 Å². The molecule has 0 amide bonds. The predicted octanol–water partition coefficient (Wildman–Crippen LogP) is 4.65. The van der Waals surface area contributed by atoms with Gasteiger partial charge in [-0.05, 0) is 69.3 Å². The summed E-state index contributed by atoms with van der Waals surface area (Å²) in [5.74, 6) is 1.73. The van der Waals surface area contributed by atoms with E-state index in [-0.39, 0.29) is 0 Å². The van der Waals surface area contributed by atoms with Crippen LogP contribution in [0.25, 0.3) is 10.9 Å². The molecule has 0 atom stereocenters. The number of nitrogens with zero attached hydrogens (tertiary/aromatic N) is 2. The molecule has 1 N–H and O–H groups in total. The highest BCUT2D eigenvalue weighted by Crippen LogP contribution is 2.29. The Kier molecular flexibility index (Phi) is 5.96. The Morgan fingerprint density at radius 2 is 1.77 bits per heavy atom. The van der Waals surface area contributed by atoms with Crippen molar-refractivity contribution >= 4 is 10.9 Å². The first kappa shape index (κ1) is 18.1. The lowest BCUT2D eigenvalue weighted by Gasteiger charge is -2.27. The van der Waals surface area contributed by atoms with Crippen molar-refractivity contribution in [3.63, 3.8) is 0 Å². The molecule has 0 unspecified atom stereocenters. The van der Waals surface area contributed by atoms with Crippen molar-refractivity contribution in [2.24, 2.45) is 11.8 Å². The van der Waals surface area contributed by atoms with Crippen molar-refractivity contribution in [2.75, 3.05) is 26.7 Å². The van der Waals surface area contributed by atoms with Gasteiger partial charge in [-0.15, -0.1) is 0 Å². The number of hydrogen-bond acceptors (Lipinski definition) is 2. The Morgan fingerprint density at radius 1 is 1.00 bits per heavy atom. The van der Waals surface area contributed by atoms with Gasteiger partial charge in [0.2, 0.25) is 0 Å². The number of rotatable bonds is 6. The summed E-state index contributed by atoms with van der Waals surface area (Å²) in [4.78, 5) is 2.54. The Bertz CT molecular complexity index is 693. The van der Waals surface area contributed by atoms with Gasteiger partial charge in [0, 0.05) is 36.7 Å². The van der Waals surface area contributed by atoms with E-state index in [0.717, 1.165) is 18.4 Å². The minimum Gasteiger partial charge on any atom is -0.347 e. The first-order chi connectivity index (χ1) is 12.8. The second-order valence-corrected chi connectivity index (χ2v) is 8.72. The van der Waals surface area contributed by atoms with Crippen LogP contribution in [0.2, 0.25) is 0 Å². The average molecular weight is 354 g/mol. The summed E-state index contributed by atoms with van der Waals surface area (Å²) in [7, 11) is 2.30. The Morgan fingerprint density at radius 3 is 2.58 bits per heavy atom. The van der Waals surface area contributed by atoms with Crippen molar-refractivity contribution in [1.29, 1.82) is 0 Å². The molecule has 0 spiro atoms. The number of aromatic nitrogens is 1. The van der Waals surface area contributed by atoms with E-state index in [1.165, 1.54) is 87.6 Å². The van der Waals surface area contributed by atoms with Gasteiger partial charge in [-0.2, -0.15) is 0 Å². The van der Waals surface area contributed by atoms with Crippen LogP contribution in [0.5, 0.6) is 0 Å². The monoisotopic (exact) mass is 353 g/mol. The Balaban J connectivity index is 1.47. The summed E-state index contributed by atoms with van der Waals surface area (Å²) in [6, 6.07) is 9.03. The van der Waals surface area contributed by atoms with E-state index in [1.807, 2.05) is 0 Å². The molecule has 1 aliphatic carbocycles. The predicted molar refractivity (Wildman–Crippen MR) is 110 cm³/mol. The fourth-order valence-electron chi connectivity index (χ4n) is 5.11. The van der Waals surface area contributed by atoms with Crippen LogP contribution in [0.3, 0.4) is 0 Å². The molecule has 2 heterocycles. The van der Waals surface area contributed by atoms with E-state index in [1.54, 1.807) is 0 Å². The SMILES string of the molecule is CN(Cc1cn(CC2CCCCC2)c2ccccc12)CC1CCNCC1. The Labute approximate surface area is 158 Å². The molecule has 2 fully saturated rings. The maximum absolute atomic E-state index is 3.48. The minimum absolute atomic E-state index is 0.858. The molecule has 142 valence electrons. The van der Waals surface area contributed by atoms with Gasteiger partial charge in [0.05, 0.1) is 0 Å². The van der Waals surface area contributed by atoms with Crippen LogP contribution in [-0.2, 0) is 13.1 Å². The fraction of sp³-hybridized carbons (Fsp3) is 0.652. The molecule has 4 rings (SSSR count).